The Kier molecular flexibility index (Phi) is 11.5. The zero-order valence-corrected chi connectivity index (χ0v) is 11.8. The highest BCUT2D eigenvalue weighted by Crippen LogP contribution is 2.12. The Morgan fingerprint density at radius 1 is 0.923 bits per heavy atom. The van der Waals surface area contributed by atoms with E-state index in [1.807, 2.05) is 0 Å². The molecule has 0 atom stereocenters. The van der Waals surface area contributed by atoms with Crippen LogP contribution < -0.4 is 5.73 Å². The topological polar surface area (TPSA) is 26.0 Å². The average molecular weight is 299 g/mol. The summed E-state index contributed by atoms with van der Waals surface area (Å²) in [4.78, 5) is 0. The average Bonchev–Trinajstić information content (AvgIpc) is 1.94. The van der Waals surface area contributed by atoms with E-state index in [1.54, 1.807) is 0 Å². The number of hydrogen-bond donors (Lipinski definition) is 1. The second-order valence-corrected chi connectivity index (χ2v) is 4.51. The van der Waals surface area contributed by atoms with Gasteiger partial charge in [-0.1, -0.05) is 45.4 Å². The molecule has 0 aromatic heterocycles. The normalized spacial score (nSPS) is 11.1. The number of rotatable bonds is 7. The minimum atomic E-state index is 0. The summed E-state index contributed by atoms with van der Waals surface area (Å²) in [5, 5.41) is 0. The zero-order valence-electron chi connectivity index (χ0n) is 9.44. The standard InChI is InChI=1S/C11H25N.HI/c1-4-5-6-7-8-9-10-11(2,3)12;/h4-10,12H2,1-3H3;1H. The van der Waals surface area contributed by atoms with Crippen molar-refractivity contribution in [1.82, 2.24) is 0 Å². The van der Waals surface area contributed by atoms with Crippen LogP contribution in [0.5, 0.6) is 0 Å². The Bertz CT molecular complexity index is 96.8. The van der Waals surface area contributed by atoms with Crippen LogP contribution in [-0.2, 0) is 0 Å². The van der Waals surface area contributed by atoms with Crippen molar-refractivity contribution in [2.75, 3.05) is 0 Å². The minimum Gasteiger partial charge on any atom is -0.326 e. The third kappa shape index (κ3) is 15.4. The van der Waals surface area contributed by atoms with Gasteiger partial charge in [0.15, 0.2) is 0 Å². The van der Waals surface area contributed by atoms with Crippen molar-refractivity contribution >= 4 is 24.0 Å². The van der Waals surface area contributed by atoms with Crippen molar-refractivity contribution in [2.45, 2.75) is 71.3 Å². The Balaban J connectivity index is 0. The molecule has 0 heterocycles. The van der Waals surface area contributed by atoms with Gasteiger partial charge in [0.05, 0.1) is 0 Å². The summed E-state index contributed by atoms with van der Waals surface area (Å²) in [6.45, 7) is 6.47. The molecule has 0 saturated heterocycles. The van der Waals surface area contributed by atoms with Gasteiger partial charge in [-0.25, -0.2) is 0 Å². The first kappa shape index (κ1) is 16.1. The molecule has 1 nitrogen and oxygen atoms in total. The zero-order chi connectivity index (χ0) is 9.45. The first-order valence-corrected chi connectivity index (χ1v) is 5.35. The van der Waals surface area contributed by atoms with Crippen LogP contribution in [0.4, 0.5) is 0 Å². The highest BCUT2D eigenvalue weighted by Gasteiger charge is 2.08. The maximum atomic E-state index is 5.88. The maximum absolute atomic E-state index is 5.88. The van der Waals surface area contributed by atoms with Gasteiger partial charge in [-0.3, -0.25) is 0 Å². The largest absolute Gasteiger partial charge is 0.326 e. The number of nitrogens with two attached hydrogens (primary N) is 1. The summed E-state index contributed by atoms with van der Waals surface area (Å²) in [5.41, 5.74) is 5.92. The van der Waals surface area contributed by atoms with E-state index >= 15 is 0 Å². The van der Waals surface area contributed by atoms with Crippen LogP contribution in [0.3, 0.4) is 0 Å². The lowest BCUT2D eigenvalue weighted by Crippen LogP contribution is -2.31. The van der Waals surface area contributed by atoms with Gasteiger partial charge < -0.3 is 5.73 Å². The van der Waals surface area contributed by atoms with Crippen molar-refractivity contribution < 1.29 is 0 Å². The fraction of sp³-hybridized carbons (Fsp3) is 1.00. The molecule has 0 aliphatic carbocycles. The van der Waals surface area contributed by atoms with Gasteiger partial charge in [-0.15, -0.1) is 24.0 Å². The van der Waals surface area contributed by atoms with Crippen molar-refractivity contribution in [3.8, 4) is 0 Å². The molecule has 0 unspecified atom stereocenters. The molecule has 0 aromatic rings. The number of hydrogen-bond acceptors (Lipinski definition) is 1. The SMILES string of the molecule is CCCCCCCCC(C)(C)N.I. The van der Waals surface area contributed by atoms with Crippen molar-refractivity contribution in [3.05, 3.63) is 0 Å². The van der Waals surface area contributed by atoms with E-state index in [-0.39, 0.29) is 29.5 Å². The quantitative estimate of drug-likeness (QED) is 0.556. The monoisotopic (exact) mass is 299 g/mol. The van der Waals surface area contributed by atoms with Gasteiger partial charge in [0.2, 0.25) is 0 Å². The van der Waals surface area contributed by atoms with Crippen molar-refractivity contribution in [3.63, 3.8) is 0 Å². The van der Waals surface area contributed by atoms with Crippen LogP contribution in [0.15, 0.2) is 0 Å². The first-order valence-electron chi connectivity index (χ1n) is 5.35. The molecule has 0 saturated carbocycles. The first-order chi connectivity index (χ1) is 5.56. The second-order valence-electron chi connectivity index (χ2n) is 4.51. The fourth-order valence-corrected chi connectivity index (χ4v) is 1.36. The van der Waals surface area contributed by atoms with E-state index in [2.05, 4.69) is 20.8 Å². The summed E-state index contributed by atoms with van der Waals surface area (Å²) in [5.74, 6) is 0. The van der Waals surface area contributed by atoms with Crippen molar-refractivity contribution in [2.24, 2.45) is 5.73 Å². The predicted octanol–water partition coefficient (Wildman–Crippen LogP) is 4.09. The van der Waals surface area contributed by atoms with Crippen LogP contribution in [0.2, 0.25) is 0 Å². The molecular formula is C11H26IN. The predicted molar refractivity (Wildman–Crippen MR) is 71.7 cm³/mol. The molecule has 0 spiro atoms. The lowest BCUT2D eigenvalue weighted by Gasteiger charge is -2.17. The van der Waals surface area contributed by atoms with Gasteiger partial charge >= 0.3 is 0 Å². The summed E-state index contributed by atoms with van der Waals surface area (Å²) < 4.78 is 0. The molecule has 0 bridgehead atoms. The third-order valence-electron chi connectivity index (χ3n) is 2.17. The molecule has 0 rings (SSSR count). The molecular weight excluding hydrogens is 273 g/mol. The summed E-state index contributed by atoms with van der Waals surface area (Å²) in [7, 11) is 0. The smallest absolute Gasteiger partial charge is 0.00970 e. The molecule has 2 heteroatoms. The van der Waals surface area contributed by atoms with E-state index < -0.39 is 0 Å². The van der Waals surface area contributed by atoms with Crippen LogP contribution >= 0.6 is 24.0 Å². The highest BCUT2D eigenvalue weighted by atomic mass is 127. The highest BCUT2D eigenvalue weighted by molar-refractivity contribution is 14.0. The summed E-state index contributed by atoms with van der Waals surface area (Å²) >= 11 is 0. The Morgan fingerprint density at radius 3 is 1.85 bits per heavy atom. The lowest BCUT2D eigenvalue weighted by molar-refractivity contribution is 0.441. The third-order valence-corrected chi connectivity index (χ3v) is 2.17. The molecule has 2 N–H and O–H groups in total. The molecule has 0 aromatic carbocycles. The molecule has 0 aliphatic heterocycles. The lowest BCUT2D eigenvalue weighted by atomic mass is 9.97. The van der Waals surface area contributed by atoms with Gasteiger partial charge in [0.1, 0.15) is 0 Å². The van der Waals surface area contributed by atoms with E-state index in [1.165, 1.54) is 44.9 Å². The Hall–Kier alpha value is 0.690. The van der Waals surface area contributed by atoms with Crippen LogP contribution in [0.25, 0.3) is 0 Å². The second kappa shape index (κ2) is 9.25. The molecule has 13 heavy (non-hydrogen) atoms. The van der Waals surface area contributed by atoms with Gasteiger partial charge in [0, 0.05) is 5.54 Å². The Morgan fingerprint density at radius 2 is 1.38 bits per heavy atom. The van der Waals surface area contributed by atoms with Crippen LogP contribution in [0.1, 0.15) is 65.7 Å². The van der Waals surface area contributed by atoms with Crippen LogP contribution in [-0.4, -0.2) is 5.54 Å². The minimum absolute atomic E-state index is 0. The van der Waals surface area contributed by atoms with E-state index in [0.29, 0.717) is 0 Å². The fourth-order valence-electron chi connectivity index (χ4n) is 1.36. The van der Waals surface area contributed by atoms with Gasteiger partial charge in [-0.2, -0.15) is 0 Å². The maximum Gasteiger partial charge on any atom is 0.00970 e. The number of unbranched alkanes of at least 4 members (excludes halogenated alkanes) is 5. The Labute approximate surface area is 101 Å². The molecule has 0 aliphatic rings. The van der Waals surface area contributed by atoms with E-state index in [0.717, 1.165) is 0 Å². The molecule has 0 radical (unpaired) electrons. The number of halogens is 1. The molecule has 82 valence electrons. The van der Waals surface area contributed by atoms with Crippen LogP contribution in [0, 0.1) is 0 Å². The van der Waals surface area contributed by atoms with Crippen molar-refractivity contribution in [1.29, 1.82) is 0 Å². The molecule has 0 amide bonds. The van der Waals surface area contributed by atoms with Gasteiger partial charge in [-0.05, 0) is 20.3 Å². The summed E-state index contributed by atoms with van der Waals surface area (Å²) in [6.07, 6.45) is 9.35. The molecule has 0 fully saturated rings. The summed E-state index contributed by atoms with van der Waals surface area (Å²) in [6, 6.07) is 0. The van der Waals surface area contributed by atoms with Gasteiger partial charge in [0.25, 0.3) is 0 Å². The van der Waals surface area contributed by atoms with E-state index in [4.69, 9.17) is 5.73 Å². The van der Waals surface area contributed by atoms with E-state index in [9.17, 15) is 0 Å².